The van der Waals surface area contributed by atoms with Crippen molar-refractivity contribution in [1.82, 2.24) is 15.1 Å². The molecule has 1 aromatic heterocycles. The Morgan fingerprint density at radius 3 is 2.64 bits per heavy atom. The molecular formula is C19H22N4O2. The number of benzene rings is 1. The molecule has 4 rings (SSSR count). The Kier molecular flexibility index (Phi) is 4.26. The molecule has 25 heavy (non-hydrogen) atoms. The topological polar surface area (TPSA) is 69.3 Å². The quantitative estimate of drug-likeness (QED) is 0.935. The molecule has 6 heteroatoms. The molecule has 2 fully saturated rings. The summed E-state index contributed by atoms with van der Waals surface area (Å²) in [6.45, 7) is 2.27. The second-order valence-electron chi connectivity index (χ2n) is 6.80. The summed E-state index contributed by atoms with van der Waals surface area (Å²) in [5.41, 5.74) is 2.66. The fourth-order valence-corrected chi connectivity index (χ4v) is 3.80. The molecule has 2 aromatic rings. The third-order valence-electron chi connectivity index (χ3n) is 5.17. The minimum absolute atomic E-state index is 0.0588. The van der Waals surface area contributed by atoms with E-state index in [2.05, 4.69) is 10.2 Å². The van der Waals surface area contributed by atoms with Gasteiger partial charge in [0, 0.05) is 55.1 Å². The van der Waals surface area contributed by atoms with Crippen LogP contribution in [0.1, 0.15) is 47.7 Å². The number of aromatic amines is 1. The number of rotatable bonds is 3. The smallest absolute Gasteiger partial charge is 0.253 e. The molecule has 0 aliphatic carbocycles. The Hall–Kier alpha value is -2.63. The van der Waals surface area contributed by atoms with E-state index in [1.807, 2.05) is 35.2 Å². The molecule has 1 aromatic carbocycles. The average Bonchev–Trinajstić information content (AvgIpc) is 3.33. The predicted octanol–water partition coefficient (Wildman–Crippen LogP) is 2.56. The van der Waals surface area contributed by atoms with Gasteiger partial charge in [0.2, 0.25) is 5.91 Å². The SMILES string of the molecule is O=C(c1ccc(N2CCCC2=O)cc1)N1CCC[C@H](c2ccn[nH]2)C1. The van der Waals surface area contributed by atoms with Crippen molar-refractivity contribution in [2.45, 2.75) is 31.6 Å². The normalized spacial score (nSPS) is 21.0. The lowest BCUT2D eigenvalue weighted by Gasteiger charge is -2.32. The van der Waals surface area contributed by atoms with Crippen LogP contribution in [0.4, 0.5) is 5.69 Å². The van der Waals surface area contributed by atoms with Gasteiger partial charge >= 0.3 is 0 Å². The minimum Gasteiger partial charge on any atom is -0.338 e. The van der Waals surface area contributed by atoms with Crippen LogP contribution in [-0.4, -0.2) is 46.5 Å². The van der Waals surface area contributed by atoms with E-state index in [4.69, 9.17) is 0 Å². The van der Waals surface area contributed by atoms with Crippen molar-refractivity contribution in [1.29, 1.82) is 0 Å². The predicted molar refractivity (Wildman–Crippen MR) is 94.5 cm³/mol. The molecule has 0 radical (unpaired) electrons. The van der Waals surface area contributed by atoms with E-state index in [0.717, 1.165) is 43.7 Å². The molecule has 2 amide bonds. The number of carbonyl (C=O) groups excluding carboxylic acids is 2. The summed E-state index contributed by atoms with van der Waals surface area (Å²) in [5, 5.41) is 7.04. The number of anilines is 1. The number of nitrogens with zero attached hydrogens (tertiary/aromatic N) is 3. The zero-order valence-electron chi connectivity index (χ0n) is 14.1. The van der Waals surface area contributed by atoms with Gasteiger partial charge in [-0.3, -0.25) is 14.7 Å². The van der Waals surface area contributed by atoms with E-state index < -0.39 is 0 Å². The Morgan fingerprint density at radius 1 is 1.12 bits per heavy atom. The molecule has 3 heterocycles. The molecule has 0 spiro atoms. The molecule has 2 saturated heterocycles. The van der Waals surface area contributed by atoms with Crippen LogP contribution in [-0.2, 0) is 4.79 Å². The Bertz CT molecular complexity index is 754. The van der Waals surface area contributed by atoms with Crippen molar-refractivity contribution >= 4 is 17.5 Å². The van der Waals surface area contributed by atoms with E-state index in [9.17, 15) is 9.59 Å². The average molecular weight is 338 g/mol. The second kappa shape index (κ2) is 6.70. The number of likely N-dealkylation sites (tertiary alicyclic amines) is 1. The number of nitrogens with one attached hydrogen (secondary N) is 1. The Balaban J connectivity index is 1.46. The molecule has 0 bridgehead atoms. The fraction of sp³-hybridized carbons (Fsp3) is 0.421. The van der Waals surface area contributed by atoms with Crippen molar-refractivity contribution in [3.8, 4) is 0 Å². The molecule has 0 unspecified atom stereocenters. The maximum absolute atomic E-state index is 12.8. The molecular weight excluding hydrogens is 316 g/mol. The zero-order chi connectivity index (χ0) is 17.2. The van der Waals surface area contributed by atoms with Gasteiger partial charge in [-0.15, -0.1) is 0 Å². The van der Waals surface area contributed by atoms with Gasteiger partial charge in [-0.25, -0.2) is 0 Å². The summed E-state index contributed by atoms with van der Waals surface area (Å²) in [4.78, 5) is 28.4. The van der Waals surface area contributed by atoms with E-state index in [-0.39, 0.29) is 11.8 Å². The monoisotopic (exact) mass is 338 g/mol. The fourth-order valence-electron chi connectivity index (χ4n) is 3.80. The van der Waals surface area contributed by atoms with Gasteiger partial charge in [0.25, 0.3) is 5.91 Å². The summed E-state index contributed by atoms with van der Waals surface area (Å²) in [5.74, 6) is 0.544. The van der Waals surface area contributed by atoms with Crippen LogP contribution in [0.15, 0.2) is 36.5 Å². The highest BCUT2D eigenvalue weighted by molar-refractivity contribution is 5.97. The van der Waals surface area contributed by atoms with Crippen LogP contribution in [0.5, 0.6) is 0 Å². The van der Waals surface area contributed by atoms with E-state index in [1.165, 1.54) is 0 Å². The summed E-state index contributed by atoms with van der Waals surface area (Å²) < 4.78 is 0. The minimum atomic E-state index is 0.0588. The number of H-pyrrole nitrogens is 1. The standard InChI is InChI=1S/C19H22N4O2/c24-18-4-2-12-23(18)16-7-5-14(6-8-16)19(25)22-11-1-3-15(13-22)17-9-10-20-21-17/h5-10,15H,1-4,11-13H2,(H,20,21)/t15-/m0/s1. The third-order valence-corrected chi connectivity index (χ3v) is 5.17. The van der Waals surface area contributed by atoms with Crippen LogP contribution < -0.4 is 4.90 Å². The summed E-state index contributed by atoms with van der Waals surface area (Å²) in [6.07, 6.45) is 5.35. The lowest BCUT2D eigenvalue weighted by molar-refractivity contribution is -0.117. The van der Waals surface area contributed by atoms with Gasteiger partial charge in [-0.1, -0.05) is 0 Å². The van der Waals surface area contributed by atoms with Gasteiger partial charge in [-0.05, 0) is 49.6 Å². The van der Waals surface area contributed by atoms with Crippen LogP contribution in [0.25, 0.3) is 0 Å². The van der Waals surface area contributed by atoms with Crippen molar-refractivity contribution < 1.29 is 9.59 Å². The third kappa shape index (κ3) is 3.16. The first-order valence-corrected chi connectivity index (χ1v) is 8.91. The molecule has 2 aliphatic heterocycles. The van der Waals surface area contributed by atoms with Crippen LogP contribution in [0.3, 0.4) is 0 Å². The molecule has 130 valence electrons. The highest BCUT2D eigenvalue weighted by atomic mass is 16.2. The van der Waals surface area contributed by atoms with Gasteiger partial charge in [0.15, 0.2) is 0 Å². The summed E-state index contributed by atoms with van der Waals surface area (Å²) in [6, 6.07) is 9.42. The van der Waals surface area contributed by atoms with Crippen molar-refractivity contribution in [2.24, 2.45) is 0 Å². The lowest BCUT2D eigenvalue weighted by atomic mass is 9.94. The highest BCUT2D eigenvalue weighted by Gasteiger charge is 2.27. The van der Waals surface area contributed by atoms with Crippen LogP contribution in [0.2, 0.25) is 0 Å². The first kappa shape index (κ1) is 15.9. The first-order chi connectivity index (χ1) is 12.2. The van der Waals surface area contributed by atoms with E-state index in [0.29, 0.717) is 24.4 Å². The van der Waals surface area contributed by atoms with E-state index >= 15 is 0 Å². The van der Waals surface area contributed by atoms with Crippen molar-refractivity contribution in [3.63, 3.8) is 0 Å². The molecule has 2 aliphatic rings. The molecule has 1 atom stereocenters. The lowest BCUT2D eigenvalue weighted by Crippen LogP contribution is -2.39. The van der Waals surface area contributed by atoms with Gasteiger partial charge in [0.05, 0.1) is 0 Å². The number of hydrogen-bond donors (Lipinski definition) is 1. The van der Waals surface area contributed by atoms with Crippen molar-refractivity contribution in [3.05, 3.63) is 47.8 Å². The number of amides is 2. The molecule has 0 saturated carbocycles. The second-order valence-corrected chi connectivity index (χ2v) is 6.80. The van der Waals surface area contributed by atoms with Crippen LogP contribution >= 0.6 is 0 Å². The van der Waals surface area contributed by atoms with Crippen LogP contribution in [0, 0.1) is 0 Å². The number of aromatic nitrogens is 2. The highest BCUT2D eigenvalue weighted by Crippen LogP contribution is 2.27. The van der Waals surface area contributed by atoms with Gasteiger partial charge in [0.1, 0.15) is 0 Å². The first-order valence-electron chi connectivity index (χ1n) is 8.91. The van der Waals surface area contributed by atoms with E-state index in [1.54, 1.807) is 11.1 Å². The Labute approximate surface area is 146 Å². The van der Waals surface area contributed by atoms with Crippen molar-refractivity contribution in [2.75, 3.05) is 24.5 Å². The number of piperidine rings is 1. The molecule has 6 nitrogen and oxygen atoms in total. The maximum Gasteiger partial charge on any atom is 0.253 e. The summed E-state index contributed by atoms with van der Waals surface area (Å²) >= 11 is 0. The summed E-state index contributed by atoms with van der Waals surface area (Å²) in [7, 11) is 0. The zero-order valence-corrected chi connectivity index (χ0v) is 14.1. The number of hydrogen-bond acceptors (Lipinski definition) is 3. The molecule has 1 N–H and O–H groups in total. The maximum atomic E-state index is 12.8. The number of carbonyl (C=O) groups is 2. The largest absolute Gasteiger partial charge is 0.338 e. The van der Waals surface area contributed by atoms with Gasteiger partial charge in [-0.2, -0.15) is 5.10 Å². The Morgan fingerprint density at radius 2 is 1.96 bits per heavy atom. The van der Waals surface area contributed by atoms with Gasteiger partial charge < -0.3 is 9.80 Å².